The zero-order chi connectivity index (χ0) is 24.7. The Bertz CT molecular complexity index is 969. The molecule has 5 rings (SSSR count). The Morgan fingerprint density at radius 3 is 2.21 bits per heavy atom. The summed E-state index contributed by atoms with van der Waals surface area (Å²) >= 11 is 0. The smallest absolute Gasteiger partial charge is 0.251 e. The number of ketones is 1. The summed E-state index contributed by atoms with van der Waals surface area (Å²) in [5.74, 6) is 0.0814. The molecule has 3 atom stereocenters. The van der Waals surface area contributed by atoms with Gasteiger partial charge in [0.25, 0.3) is 5.91 Å². The molecule has 7 nitrogen and oxygen atoms in total. The molecule has 3 heterocycles. The van der Waals surface area contributed by atoms with E-state index in [1.54, 1.807) is 4.90 Å². The number of nitrogens with one attached hydrogen (secondary N) is 1. The minimum Gasteiger partial charge on any atom is -0.368 e. The lowest BCUT2D eigenvalue weighted by Crippen LogP contribution is -2.53. The number of fused-ring (bicyclic) bond motifs is 1. The van der Waals surface area contributed by atoms with E-state index in [0.717, 1.165) is 6.04 Å². The van der Waals surface area contributed by atoms with Gasteiger partial charge in [-0.05, 0) is 80.6 Å². The van der Waals surface area contributed by atoms with Crippen molar-refractivity contribution in [2.75, 3.05) is 26.2 Å². The molecule has 2 amide bonds. The van der Waals surface area contributed by atoms with Crippen LogP contribution in [0.3, 0.4) is 0 Å². The van der Waals surface area contributed by atoms with Gasteiger partial charge in [-0.2, -0.15) is 27.0 Å². The third kappa shape index (κ3) is 7.34. The summed E-state index contributed by atoms with van der Waals surface area (Å²) in [6, 6.07) is 7.57. The first-order valence-corrected chi connectivity index (χ1v) is 13.3. The molecule has 38 heavy (non-hydrogen) atoms. The summed E-state index contributed by atoms with van der Waals surface area (Å²) in [6.07, 6.45) is 6.01. The molecule has 0 bridgehead atoms. The van der Waals surface area contributed by atoms with Crippen LogP contribution in [0.1, 0.15) is 88.6 Å². The standard InChI is InChI=1S/C28H39N3O4.CH4.2H2S/c1-28(2,3)16-22(27(34)31-15-12-24-25(31)23(32)17-35-24)29-26(33)20-6-4-18(5-7-20)19-10-13-30(14-11-19)21-8-9-21;;;/h4-7,19,21-22,24-25H,8-17H2,1-3H3,(H,29,33);1H4;2*1H2/t22-,24+,25+;;;/m0.../s1. The molecular weight excluding hydrogens is 518 g/mol. The fraction of sp³-hybridized carbons (Fsp3) is 0.690. The molecule has 9 heteroatoms. The number of amides is 2. The summed E-state index contributed by atoms with van der Waals surface area (Å²) < 4.78 is 5.55. The molecule has 3 saturated heterocycles. The fourth-order valence-corrected chi connectivity index (χ4v) is 6.04. The van der Waals surface area contributed by atoms with E-state index in [1.165, 1.54) is 44.3 Å². The van der Waals surface area contributed by atoms with Crippen LogP contribution in [0.5, 0.6) is 0 Å². The van der Waals surface area contributed by atoms with Crippen molar-refractivity contribution in [2.45, 2.75) is 96.9 Å². The molecule has 0 spiro atoms. The fourth-order valence-electron chi connectivity index (χ4n) is 6.04. The second-order valence-electron chi connectivity index (χ2n) is 12.0. The highest BCUT2D eigenvalue weighted by atomic mass is 32.1. The predicted molar refractivity (Wildman–Crippen MR) is 161 cm³/mol. The summed E-state index contributed by atoms with van der Waals surface area (Å²) in [5, 5.41) is 3.00. The van der Waals surface area contributed by atoms with Crippen molar-refractivity contribution in [1.82, 2.24) is 15.1 Å². The van der Waals surface area contributed by atoms with Gasteiger partial charge in [0.05, 0.1) is 6.10 Å². The molecule has 1 aromatic rings. The van der Waals surface area contributed by atoms with E-state index in [-0.39, 0.29) is 70.1 Å². The number of carbonyl (C=O) groups is 3. The maximum absolute atomic E-state index is 13.5. The number of benzene rings is 1. The largest absolute Gasteiger partial charge is 0.368 e. The van der Waals surface area contributed by atoms with E-state index in [0.29, 0.717) is 30.9 Å². The van der Waals surface area contributed by atoms with E-state index in [2.05, 4.69) is 43.1 Å². The quantitative estimate of drug-likeness (QED) is 0.564. The van der Waals surface area contributed by atoms with Crippen LogP contribution in [-0.2, 0) is 14.3 Å². The molecule has 1 saturated carbocycles. The number of likely N-dealkylation sites (tertiary alicyclic amines) is 2. The Balaban J connectivity index is 0.00000169. The molecule has 1 N–H and O–H groups in total. The van der Waals surface area contributed by atoms with Gasteiger partial charge < -0.3 is 19.9 Å². The van der Waals surface area contributed by atoms with Crippen LogP contribution in [-0.4, -0.2) is 77.9 Å². The molecule has 0 unspecified atom stereocenters. The van der Waals surface area contributed by atoms with Gasteiger partial charge in [-0.3, -0.25) is 14.4 Å². The van der Waals surface area contributed by atoms with Crippen molar-refractivity contribution in [3.63, 3.8) is 0 Å². The third-order valence-corrected chi connectivity index (χ3v) is 8.05. The van der Waals surface area contributed by atoms with Crippen LogP contribution < -0.4 is 5.32 Å². The molecule has 214 valence electrons. The monoisotopic (exact) mass is 565 g/mol. The normalized spacial score (nSPS) is 24.5. The third-order valence-electron chi connectivity index (χ3n) is 8.05. The Hall–Kier alpha value is -1.55. The zero-order valence-electron chi connectivity index (χ0n) is 22.3. The van der Waals surface area contributed by atoms with Crippen LogP contribution in [0.25, 0.3) is 0 Å². The van der Waals surface area contributed by atoms with Gasteiger partial charge in [-0.25, -0.2) is 0 Å². The van der Waals surface area contributed by atoms with Crippen molar-refractivity contribution >= 4 is 44.6 Å². The van der Waals surface area contributed by atoms with Gasteiger partial charge in [0.15, 0.2) is 5.78 Å². The number of carbonyl (C=O) groups excluding carboxylic acids is 3. The maximum Gasteiger partial charge on any atom is 0.251 e. The van der Waals surface area contributed by atoms with Gasteiger partial charge in [-0.15, -0.1) is 0 Å². The van der Waals surface area contributed by atoms with Gasteiger partial charge in [0.2, 0.25) is 5.91 Å². The van der Waals surface area contributed by atoms with Crippen molar-refractivity contribution in [1.29, 1.82) is 0 Å². The molecule has 0 radical (unpaired) electrons. The van der Waals surface area contributed by atoms with E-state index < -0.39 is 12.1 Å². The maximum atomic E-state index is 13.5. The Labute approximate surface area is 242 Å². The lowest BCUT2D eigenvalue weighted by atomic mass is 9.87. The van der Waals surface area contributed by atoms with Crippen LogP contribution in [0, 0.1) is 5.41 Å². The van der Waals surface area contributed by atoms with Gasteiger partial charge in [-0.1, -0.05) is 40.3 Å². The van der Waals surface area contributed by atoms with E-state index in [1.807, 2.05) is 12.1 Å². The van der Waals surface area contributed by atoms with Crippen molar-refractivity contribution in [3.05, 3.63) is 35.4 Å². The molecule has 0 aromatic heterocycles. The number of ether oxygens (including phenoxy) is 1. The predicted octanol–water partition coefficient (Wildman–Crippen LogP) is 3.99. The molecular formula is C29H47N3O4S2. The van der Waals surface area contributed by atoms with Gasteiger partial charge >= 0.3 is 0 Å². The zero-order valence-corrected chi connectivity index (χ0v) is 24.3. The van der Waals surface area contributed by atoms with Gasteiger partial charge in [0.1, 0.15) is 18.7 Å². The Morgan fingerprint density at radius 1 is 1.00 bits per heavy atom. The van der Waals surface area contributed by atoms with Crippen LogP contribution in [0.15, 0.2) is 24.3 Å². The number of hydrogen-bond donors (Lipinski definition) is 1. The summed E-state index contributed by atoms with van der Waals surface area (Å²) in [5.41, 5.74) is 1.69. The van der Waals surface area contributed by atoms with E-state index >= 15 is 0 Å². The van der Waals surface area contributed by atoms with E-state index in [9.17, 15) is 14.4 Å². The number of rotatable bonds is 6. The molecule has 3 aliphatic heterocycles. The average Bonchev–Trinajstić information content (AvgIpc) is 3.50. The molecule has 1 aromatic carbocycles. The molecule has 4 fully saturated rings. The van der Waals surface area contributed by atoms with Crippen LogP contribution in [0.4, 0.5) is 0 Å². The first-order valence-electron chi connectivity index (χ1n) is 13.3. The second-order valence-corrected chi connectivity index (χ2v) is 12.0. The van der Waals surface area contributed by atoms with Crippen LogP contribution in [0.2, 0.25) is 0 Å². The van der Waals surface area contributed by atoms with Crippen LogP contribution >= 0.6 is 27.0 Å². The highest BCUT2D eigenvalue weighted by molar-refractivity contribution is 7.59. The summed E-state index contributed by atoms with van der Waals surface area (Å²) in [6.45, 7) is 9.06. The Morgan fingerprint density at radius 2 is 1.63 bits per heavy atom. The minimum atomic E-state index is -0.680. The molecule has 4 aliphatic rings. The number of nitrogens with zero attached hydrogens (tertiary/aromatic N) is 2. The Kier molecular flexibility index (Phi) is 11.3. The number of hydrogen-bond acceptors (Lipinski definition) is 5. The van der Waals surface area contributed by atoms with Crippen molar-refractivity contribution in [3.8, 4) is 0 Å². The molecule has 1 aliphatic carbocycles. The topological polar surface area (TPSA) is 79.0 Å². The first kappa shape index (κ1) is 32.7. The SMILES string of the molecule is C.CC(C)(C)C[C@H](NC(=O)c1ccc(C2CCN(C3CC3)CC2)cc1)C(=O)N1CC[C@H]2OCC(=O)[C@H]21.S.S. The van der Waals surface area contributed by atoms with Crippen molar-refractivity contribution < 1.29 is 19.1 Å². The minimum absolute atomic E-state index is 0. The number of Topliss-reactive ketones (excluding diaryl/α,β-unsaturated/α-hetero) is 1. The lowest BCUT2D eigenvalue weighted by Gasteiger charge is -2.32. The number of piperidine rings is 1. The van der Waals surface area contributed by atoms with E-state index in [4.69, 9.17) is 4.74 Å². The lowest BCUT2D eigenvalue weighted by molar-refractivity contribution is -0.138. The van der Waals surface area contributed by atoms with Gasteiger partial charge in [0, 0.05) is 18.2 Å². The summed E-state index contributed by atoms with van der Waals surface area (Å²) in [4.78, 5) is 43.3. The average molecular weight is 566 g/mol. The highest BCUT2D eigenvalue weighted by Crippen LogP contribution is 2.35. The van der Waals surface area contributed by atoms with Crippen molar-refractivity contribution in [2.24, 2.45) is 5.41 Å². The first-order chi connectivity index (χ1) is 16.7. The highest BCUT2D eigenvalue weighted by Gasteiger charge is 2.48. The second kappa shape index (κ2) is 13.2. The summed E-state index contributed by atoms with van der Waals surface area (Å²) in [7, 11) is 0.